The van der Waals surface area contributed by atoms with E-state index in [0.29, 0.717) is 24.3 Å². The lowest BCUT2D eigenvalue weighted by Crippen LogP contribution is -2.31. The molecule has 0 aromatic heterocycles. The van der Waals surface area contributed by atoms with Crippen LogP contribution in [0.4, 0.5) is 5.69 Å². The standard InChI is InChI=1S/C25H31NO7S/c27-12-13-34-16-21-14-22(18-6-4-17(15-28)5-7-18)33-25(32-21)19-8-10-20(11-9-19)26-23(29)2-1-3-24(30)31/h4-11,21-22,25,27-28H,1-3,12-16H2,(H,26,29)(H,30,31)/t21-,22+,25+/m1/s1. The number of rotatable bonds is 12. The highest BCUT2D eigenvalue weighted by molar-refractivity contribution is 7.99. The Morgan fingerprint density at radius 1 is 0.971 bits per heavy atom. The van der Waals surface area contributed by atoms with Crippen LogP contribution in [0.1, 0.15) is 54.8 Å². The van der Waals surface area contributed by atoms with Gasteiger partial charge in [0.15, 0.2) is 6.29 Å². The third-order valence-electron chi connectivity index (χ3n) is 5.42. The van der Waals surface area contributed by atoms with E-state index >= 15 is 0 Å². The smallest absolute Gasteiger partial charge is 0.303 e. The molecule has 0 aliphatic carbocycles. The lowest BCUT2D eigenvalue weighted by Gasteiger charge is -2.36. The van der Waals surface area contributed by atoms with E-state index in [-0.39, 0.29) is 44.2 Å². The minimum absolute atomic E-state index is 0.0135. The molecule has 3 atom stereocenters. The second-order valence-electron chi connectivity index (χ2n) is 8.07. The van der Waals surface area contributed by atoms with Crippen molar-refractivity contribution in [1.82, 2.24) is 0 Å². The molecule has 4 N–H and O–H groups in total. The molecule has 0 saturated carbocycles. The number of aliphatic hydroxyl groups excluding tert-OH is 2. The summed E-state index contributed by atoms with van der Waals surface area (Å²) in [7, 11) is 0. The number of nitrogens with one attached hydrogen (secondary N) is 1. The Kier molecular flexibility index (Phi) is 10.4. The lowest BCUT2D eigenvalue weighted by molar-refractivity contribution is -0.245. The summed E-state index contributed by atoms with van der Waals surface area (Å²) in [5.41, 5.74) is 3.28. The van der Waals surface area contributed by atoms with Crippen LogP contribution in [0.5, 0.6) is 0 Å². The number of anilines is 1. The number of aliphatic carboxylic acids is 1. The van der Waals surface area contributed by atoms with Crippen LogP contribution in [-0.2, 0) is 25.7 Å². The van der Waals surface area contributed by atoms with Crippen LogP contribution in [0.2, 0.25) is 0 Å². The second-order valence-corrected chi connectivity index (χ2v) is 9.22. The molecule has 8 nitrogen and oxygen atoms in total. The van der Waals surface area contributed by atoms with Crippen molar-refractivity contribution >= 4 is 29.3 Å². The van der Waals surface area contributed by atoms with E-state index in [1.165, 1.54) is 0 Å². The van der Waals surface area contributed by atoms with Crippen molar-refractivity contribution in [3.8, 4) is 0 Å². The molecule has 0 radical (unpaired) electrons. The van der Waals surface area contributed by atoms with Crippen molar-refractivity contribution in [3.05, 3.63) is 65.2 Å². The highest BCUT2D eigenvalue weighted by atomic mass is 32.2. The Bertz CT molecular complexity index is 920. The van der Waals surface area contributed by atoms with Crippen LogP contribution in [0, 0.1) is 0 Å². The van der Waals surface area contributed by atoms with Gasteiger partial charge in [-0.05, 0) is 29.7 Å². The maximum absolute atomic E-state index is 12.0. The highest BCUT2D eigenvalue weighted by Gasteiger charge is 2.32. The van der Waals surface area contributed by atoms with Gasteiger partial charge in [0.25, 0.3) is 0 Å². The molecule has 9 heteroatoms. The Labute approximate surface area is 203 Å². The molecule has 3 rings (SSSR count). The largest absolute Gasteiger partial charge is 0.481 e. The molecule has 184 valence electrons. The number of carboxylic acids is 1. The third-order valence-corrected chi connectivity index (χ3v) is 6.49. The van der Waals surface area contributed by atoms with Crippen LogP contribution < -0.4 is 5.32 Å². The van der Waals surface area contributed by atoms with Gasteiger partial charge in [-0.3, -0.25) is 9.59 Å². The van der Waals surface area contributed by atoms with Crippen molar-refractivity contribution in [1.29, 1.82) is 0 Å². The summed E-state index contributed by atoms with van der Waals surface area (Å²) in [5.74, 6) is 0.227. The zero-order valence-electron chi connectivity index (χ0n) is 18.9. The van der Waals surface area contributed by atoms with E-state index in [1.807, 2.05) is 36.4 Å². The molecule has 1 fully saturated rings. The quantitative estimate of drug-likeness (QED) is 0.333. The first kappa shape index (κ1) is 26.2. The van der Waals surface area contributed by atoms with Gasteiger partial charge < -0.3 is 30.1 Å². The topological polar surface area (TPSA) is 125 Å². The number of aliphatic hydroxyl groups is 2. The first-order valence-corrected chi connectivity index (χ1v) is 12.4. The maximum atomic E-state index is 12.0. The highest BCUT2D eigenvalue weighted by Crippen LogP contribution is 2.39. The van der Waals surface area contributed by atoms with Crippen LogP contribution in [-0.4, -0.2) is 51.4 Å². The van der Waals surface area contributed by atoms with E-state index in [9.17, 15) is 14.7 Å². The molecule has 1 heterocycles. The predicted molar refractivity (Wildman–Crippen MR) is 129 cm³/mol. The first-order valence-electron chi connectivity index (χ1n) is 11.3. The van der Waals surface area contributed by atoms with Gasteiger partial charge in [0.2, 0.25) is 5.91 Å². The Morgan fingerprint density at radius 2 is 1.68 bits per heavy atom. The van der Waals surface area contributed by atoms with Crippen LogP contribution in [0.3, 0.4) is 0 Å². The van der Waals surface area contributed by atoms with Crippen molar-refractivity contribution in [2.45, 2.75) is 50.8 Å². The van der Waals surface area contributed by atoms with Crippen molar-refractivity contribution in [2.24, 2.45) is 0 Å². The summed E-state index contributed by atoms with van der Waals surface area (Å²) in [6.45, 7) is 0.104. The molecule has 1 saturated heterocycles. The van der Waals surface area contributed by atoms with Crippen LogP contribution in [0.15, 0.2) is 48.5 Å². The Morgan fingerprint density at radius 3 is 2.32 bits per heavy atom. The SMILES string of the molecule is O=C(O)CCCC(=O)Nc1ccc([C@H]2O[C@@H](CSCCO)C[C@@H](c3ccc(CO)cc3)O2)cc1. The molecule has 2 aromatic carbocycles. The average Bonchev–Trinajstić information content (AvgIpc) is 2.84. The number of benzene rings is 2. The fourth-order valence-corrected chi connectivity index (χ4v) is 4.42. The summed E-state index contributed by atoms with van der Waals surface area (Å²) in [5, 5.41) is 29.9. The van der Waals surface area contributed by atoms with E-state index in [0.717, 1.165) is 22.4 Å². The molecular weight excluding hydrogens is 458 g/mol. The summed E-state index contributed by atoms with van der Waals surface area (Å²) < 4.78 is 12.5. The molecule has 1 aliphatic rings. The molecule has 1 aliphatic heterocycles. The van der Waals surface area contributed by atoms with Gasteiger partial charge in [0.05, 0.1) is 25.4 Å². The molecule has 0 bridgehead atoms. The number of thioether (sulfide) groups is 1. The van der Waals surface area contributed by atoms with E-state index < -0.39 is 12.3 Å². The summed E-state index contributed by atoms with van der Waals surface area (Å²) in [6.07, 6.45) is 0.247. The number of ether oxygens (including phenoxy) is 2. The fourth-order valence-electron chi connectivity index (χ4n) is 3.65. The number of carbonyl (C=O) groups excluding carboxylic acids is 1. The number of hydrogen-bond donors (Lipinski definition) is 4. The van der Waals surface area contributed by atoms with Crippen LogP contribution >= 0.6 is 11.8 Å². The normalized spacial score (nSPS) is 20.1. The summed E-state index contributed by atoms with van der Waals surface area (Å²) >= 11 is 1.63. The first-order chi connectivity index (χ1) is 16.5. The second kappa shape index (κ2) is 13.5. The van der Waals surface area contributed by atoms with Crippen molar-refractivity contribution in [2.75, 3.05) is 23.4 Å². The molecule has 34 heavy (non-hydrogen) atoms. The Hall–Kier alpha value is -2.43. The van der Waals surface area contributed by atoms with Gasteiger partial charge in [-0.15, -0.1) is 0 Å². The van der Waals surface area contributed by atoms with Gasteiger partial charge in [0, 0.05) is 42.0 Å². The van der Waals surface area contributed by atoms with Gasteiger partial charge in [-0.25, -0.2) is 0 Å². The molecule has 0 unspecified atom stereocenters. The van der Waals surface area contributed by atoms with E-state index in [4.69, 9.17) is 19.7 Å². The zero-order chi connectivity index (χ0) is 24.3. The lowest BCUT2D eigenvalue weighted by atomic mass is 10.0. The molecule has 1 amide bonds. The van der Waals surface area contributed by atoms with Gasteiger partial charge in [-0.1, -0.05) is 36.4 Å². The fraction of sp³-hybridized carbons (Fsp3) is 0.440. The number of carbonyl (C=O) groups is 2. The molecular formula is C25H31NO7S. The number of hydrogen-bond acceptors (Lipinski definition) is 7. The number of carboxylic acid groups (broad SMARTS) is 1. The summed E-state index contributed by atoms with van der Waals surface area (Å²) in [6, 6.07) is 14.9. The average molecular weight is 490 g/mol. The maximum Gasteiger partial charge on any atom is 0.303 e. The van der Waals surface area contributed by atoms with Crippen molar-refractivity contribution < 1.29 is 34.4 Å². The minimum Gasteiger partial charge on any atom is -0.481 e. The van der Waals surface area contributed by atoms with Crippen LogP contribution in [0.25, 0.3) is 0 Å². The molecule has 0 spiro atoms. The van der Waals surface area contributed by atoms with E-state index in [2.05, 4.69) is 5.32 Å². The van der Waals surface area contributed by atoms with Gasteiger partial charge in [0.1, 0.15) is 0 Å². The minimum atomic E-state index is -0.916. The van der Waals surface area contributed by atoms with Crippen molar-refractivity contribution in [3.63, 3.8) is 0 Å². The van der Waals surface area contributed by atoms with Gasteiger partial charge >= 0.3 is 5.97 Å². The number of amides is 1. The van der Waals surface area contributed by atoms with E-state index in [1.54, 1.807) is 23.9 Å². The third kappa shape index (κ3) is 8.11. The zero-order valence-corrected chi connectivity index (χ0v) is 19.7. The Balaban J connectivity index is 1.66. The summed E-state index contributed by atoms with van der Waals surface area (Å²) in [4.78, 5) is 22.6. The van der Waals surface area contributed by atoms with Gasteiger partial charge in [-0.2, -0.15) is 11.8 Å². The monoisotopic (exact) mass is 489 g/mol. The predicted octanol–water partition coefficient (Wildman–Crippen LogP) is 3.64. The molecule has 2 aromatic rings.